The summed E-state index contributed by atoms with van der Waals surface area (Å²) in [6.07, 6.45) is 0.498. The highest BCUT2D eigenvalue weighted by atomic mass is 32.2. The number of amides is 1. The lowest BCUT2D eigenvalue weighted by atomic mass is 9.91. The molecular formula is C28H30N2O6S. The predicted octanol–water partition coefficient (Wildman–Crippen LogP) is 4.96. The summed E-state index contributed by atoms with van der Waals surface area (Å²) in [5.41, 5.74) is 3.22. The molecule has 1 aliphatic rings. The van der Waals surface area contributed by atoms with E-state index in [0.29, 0.717) is 11.4 Å². The van der Waals surface area contributed by atoms with Crippen LogP contribution in [0.3, 0.4) is 0 Å². The van der Waals surface area contributed by atoms with Gasteiger partial charge in [-0.05, 0) is 35.4 Å². The summed E-state index contributed by atoms with van der Waals surface area (Å²) in [5, 5.41) is 21.8. The Morgan fingerprint density at radius 2 is 1.70 bits per heavy atom. The minimum Gasteiger partial charge on any atom is -0.481 e. The maximum Gasteiger partial charge on any atom is 0.303 e. The Balaban J connectivity index is 1.50. The summed E-state index contributed by atoms with van der Waals surface area (Å²) < 4.78 is 12.9. The number of aliphatic hydroxyl groups is 1. The van der Waals surface area contributed by atoms with Crippen molar-refractivity contribution < 1.29 is 29.3 Å². The fourth-order valence-corrected chi connectivity index (χ4v) is 5.10. The van der Waals surface area contributed by atoms with Crippen molar-refractivity contribution >= 4 is 29.3 Å². The lowest BCUT2D eigenvalue weighted by Crippen LogP contribution is -2.38. The molecular weight excluding hydrogens is 492 g/mol. The third-order valence-corrected chi connectivity index (χ3v) is 7.22. The Kier molecular flexibility index (Phi) is 9.29. The topological polar surface area (TPSA) is 118 Å². The van der Waals surface area contributed by atoms with Crippen LogP contribution < -0.4 is 5.32 Å². The molecule has 3 N–H and O–H groups in total. The van der Waals surface area contributed by atoms with E-state index in [1.807, 2.05) is 54.6 Å². The number of ether oxygens (including phenoxy) is 2. The molecule has 1 fully saturated rings. The van der Waals surface area contributed by atoms with Crippen LogP contribution in [0.1, 0.15) is 48.8 Å². The third-order valence-electron chi connectivity index (χ3n) is 6.19. The standard InChI is InChI=1S/C28H30N2O6S/c1-18-23(17-37-25-4-2-3-15-29-25)35-28(36-27(18)20-7-5-19(16-31)6-8-20)21-9-11-22(12-10-21)30-24(32)13-14-26(33)34/h2-12,15,18,23,27-28,31H,13-14,16-17H2,1H3,(H,30,32)(H,33,34)/t18-,23+,27+,28+/m0/s1. The van der Waals surface area contributed by atoms with Gasteiger partial charge in [0.25, 0.3) is 0 Å². The second kappa shape index (κ2) is 12.8. The van der Waals surface area contributed by atoms with Gasteiger partial charge in [0.2, 0.25) is 5.91 Å². The minimum atomic E-state index is -1.01. The van der Waals surface area contributed by atoms with Gasteiger partial charge >= 0.3 is 5.97 Å². The van der Waals surface area contributed by atoms with E-state index in [1.54, 1.807) is 30.1 Å². The third kappa shape index (κ3) is 7.39. The van der Waals surface area contributed by atoms with Crippen molar-refractivity contribution in [2.75, 3.05) is 11.1 Å². The summed E-state index contributed by atoms with van der Waals surface area (Å²) >= 11 is 1.63. The number of nitrogens with zero attached hydrogens (tertiary/aromatic N) is 1. The minimum absolute atomic E-state index is 0.0182. The molecule has 9 heteroatoms. The zero-order valence-electron chi connectivity index (χ0n) is 20.4. The van der Waals surface area contributed by atoms with E-state index >= 15 is 0 Å². The molecule has 4 atom stereocenters. The first kappa shape index (κ1) is 26.8. The molecule has 3 aromatic rings. The van der Waals surface area contributed by atoms with E-state index in [1.165, 1.54) is 0 Å². The van der Waals surface area contributed by atoms with Gasteiger partial charge in [0.1, 0.15) is 0 Å². The largest absolute Gasteiger partial charge is 0.481 e. The van der Waals surface area contributed by atoms with Crippen molar-refractivity contribution in [2.45, 2.75) is 49.9 Å². The first-order chi connectivity index (χ1) is 17.9. The van der Waals surface area contributed by atoms with Crippen molar-refractivity contribution in [2.24, 2.45) is 5.92 Å². The Bertz CT molecular complexity index is 1170. The quantitative estimate of drug-likeness (QED) is 0.320. The number of thioether (sulfide) groups is 1. The molecule has 37 heavy (non-hydrogen) atoms. The second-order valence-corrected chi connectivity index (χ2v) is 9.91. The molecule has 0 saturated carbocycles. The van der Waals surface area contributed by atoms with E-state index in [4.69, 9.17) is 14.6 Å². The molecule has 0 bridgehead atoms. The zero-order valence-corrected chi connectivity index (χ0v) is 21.3. The number of benzene rings is 2. The number of pyridine rings is 1. The molecule has 0 unspecified atom stereocenters. The van der Waals surface area contributed by atoms with Crippen LogP contribution in [-0.2, 0) is 25.7 Å². The maximum absolute atomic E-state index is 12.0. The van der Waals surface area contributed by atoms with Crippen LogP contribution in [0.25, 0.3) is 0 Å². The highest BCUT2D eigenvalue weighted by Gasteiger charge is 2.38. The average molecular weight is 523 g/mol. The smallest absolute Gasteiger partial charge is 0.303 e. The number of aromatic nitrogens is 1. The molecule has 8 nitrogen and oxygen atoms in total. The van der Waals surface area contributed by atoms with E-state index < -0.39 is 12.3 Å². The number of aliphatic carboxylic acids is 1. The van der Waals surface area contributed by atoms with Crippen molar-refractivity contribution in [1.82, 2.24) is 4.98 Å². The number of anilines is 1. The summed E-state index contributed by atoms with van der Waals surface area (Å²) in [4.78, 5) is 27.1. The van der Waals surface area contributed by atoms with Gasteiger partial charge < -0.3 is 25.0 Å². The molecule has 4 rings (SSSR count). The number of rotatable bonds is 10. The van der Waals surface area contributed by atoms with E-state index in [9.17, 15) is 14.7 Å². The number of aliphatic hydroxyl groups excluding tert-OH is 1. The van der Waals surface area contributed by atoms with Crippen LogP contribution in [0.15, 0.2) is 78.0 Å². The molecule has 1 saturated heterocycles. The van der Waals surface area contributed by atoms with Crippen LogP contribution in [0.4, 0.5) is 5.69 Å². The SMILES string of the molecule is C[C@H]1[C@@H](CSc2ccccn2)O[C@@H](c2ccc(NC(=O)CCC(=O)O)cc2)O[C@H]1c1ccc(CO)cc1. The van der Waals surface area contributed by atoms with Gasteiger partial charge in [0.05, 0.1) is 30.3 Å². The normalized spacial score (nSPS) is 21.4. The van der Waals surface area contributed by atoms with Crippen molar-refractivity contribution in [3.05, 3.63) is 89.6 Å². The summed E-state index contributed by atoms with van der Waals surface area (Å²) in [7, 11) is 0. The fourth-order valence-electron chi connectivity index (χ4n) is 4.08. The van der Waals surface area contributed by atoms with E-state index in [-0.39, 0.29) is 43.5 Å². The summed E-state index contributed by atoms with van der Waals surface area (Å²) in [6.45, 7) is 2.09. The van der Waals surface area contributed by atoms with Gasteiger partial charge in [0.15, 0.2) is 6.29 Å². The Morgan fingerprint density at radius 3 is 2.35 bits per heavy atom. The van der Waals surface area contributed by atoms with Gasteiger partial charge in [-0.2, -0.15) is 0 Å². The summed E-state index contributed by atoms with van der Waals surface area (Å²) in [5.74, 6) is -0.615. The highest BCUT2D eigenvalue weighted by molar-refractivity contribution is 7.99. The molecule has 0 spiro atoms. The number of hydrogen-bond acceptors (Lipinski definition) is 7. The molecule has 1 aromatic heterocycles. The number of carbonyl (C=O) groups excluding carboxylic acids is 1. The maximum atomic E-state index is 12.0. The van der Waals surface area contributed by atoms with Crippen LogP contribution in [0.5, 0.6) is 0 Å². The molecule has 1 aliphatic heterocycles. The number of carbonyl (C=O) groups is 2. The summed E-state index contributed by atoms with van der Waals surface area (Å²) in [6, 6.07) is 20.7. The van der Waals surface area contributed by atoms with E-state index in [0.717, 1.165) is 21.7 Å². The fraction of sp³-hybridized carbons (Fsp3) is 0.321. The molecule has 194 valence electrons. The first-order valence-corrected chi connectivity index (χ1v) is 13.1. The molecule has 2 heterocycles. The van der Waals surface area contributed by atoms with E-state index in [2.05, 4.69) is 17.2 Å². The van der Waals surface area contributed by atoms with Crippen molar-refractivity contribution in [1.29, 1.82) is 0 Å². The first-order valence-electron chi connectivity index (χ1n) is 12.1. The molecule has 0 radical (unpaired) electrons. The van der Waals surface area contributed by atoms with Gasteiger partial charge in [-0.15, -0.1) is 11.8 Å². The molecule has 0 aliphatic carbocycles. The Labute approximate surface area is 220 Å². The highest BCUT2D eigenvalue weighted by Crippen LogP contribution is 2.43. The number of nitrogens with one attached hydrogen (secondary N) is 1. The predicted molar refractivity (Wildman–Crippen MR) is 140 cm³/mol. The molecule has 1 amide bonds. The average Bonchev–Trinajstić information content (AvgIpc) is 2.92. The lowest BCUT2D eigenvalue weighted by molar-refractivity contribution is -0.268. The van der Waals surface area contributed by atoms with Gasteiger partial charge in [-0.3, -0.25) is 9.59 Å². The lowest BCUT2D eigenvalue weighted by Gasteiger charge is -2.41. The molecule has 2 aromatic carbocycles. The Morgan fingerprint density at radius 1 is 0.973 bits per heavy atom. The number of carboxylic acid groups (broad SMARTS) is 1. The van der Waals surface area contributed by atoms with Crippen LogP contribution >= 0.6 is 11.8 Å². The van der Waals surface area contributed by atoms with Gasteiger partial charge in [-0.25, -0.2) is 4.98 Å². The van der Waals surface area contributed by atoms with Crippen LogP contribution in [-0.4, -0.2) is 38.9 Å². The second-order valence-electron chi connectivity index (χ2n) is 8.86. The van der Waals surface area contributed by atoms with Crippen LogP contribution in [0.2, 0.25) is 0 Å². The van der Waals surface area contributed by atoms with Crippen molar-refractivity contribution in [3.63, 3.8) is 0 Å². The van der Waals surface area contributed by atoms with Crippen molar-refractivity contribution in [3.8, 4) is 0 Å². The monoisotopic (exact) mass is 522 g/mol. The van der Waals surface area contributed by atoms with Gasteiger partial charge in [0, 0.05) is 35.5 Å². The Hall–Kier alpha value is -3.24. The van der Waals surface area contributed by atoms with Crippen LogP contribution in [0, 0.1) is 5.92 Å². The zero-order chi connectivity index (χ0) is 26.2. The number of carboxylic acids is 1. The number of hydrogen-bond donors (Lipinski definition) is 3. The van der Waals surface area contributed by atoms with Gasteiger partial charge in [-0.1, -0.05) is 49.4 Å².